The first-order valence-corrected chi connectivity index (χ1v) is 13.0. The molecule has 0 spiro atoms. The summed E-state index contributed by atoms with van der Waals surface area (Å²) in [7, 11) is 3.31. The largest absolute Gasteiger partial charge is 0.493 e. The molecule has 1 aromatic carbocycles. The van der Waals surface area contributed by atoms with Crippen LogP contribution < -0.4 is 24.5 Å². The van der Waals surface area contributed by atoms with Gasteiger partial charge in [0, 0.05) is 44.4 Å². The van der Waals surface area contributed by atoms with Crippen molar-refractivity contribution in [2.45, 2.75) is 19.3 Å². The Kier molecular flexibility index (Phi) is 8.54. The minimum atomic E-state index is 0.343. The normalized spacial score (nSPS) is 19.4. The highest BCUT2D eigenvalue weighted by Gasteiger charge is 2.21. The van der Waals surface area contributed by atoms with Gasteiger partial charge in [0.25, 0.3) is 0 Å². The number of nitrogens with zero attached hydrogens (tertiary/aromatic N) is 5. The summed E-state index contributed by atoms with van der Waals surface area (Å²) in [6, 6.07) is 6.32. The number of fused-ring (bicyclic) bond motifs is 1. The molecule has 1 N–H and O–H groups in total. The summed E-state index contributed by atoms with van der Waals surface area (Å²) in [5.41, 5.74) is 6.41. The molecule has 3 aliphatic rings. The maximum atomic E-state index is 6.00. The van der Waals surface area contributed by atoms with Gasteiger partial charge in [-0.25, -0.2) is 0 Å². The predicted octanol–water partition coefficient (Wildman–Crippen LogP) is 2.19. The summed E-state index contributed by atoms with van der Waals surface area (Å²) >= 11 is 0. The number of benzene rings is 1. The molecule has 11 heteroatoms. The van der Waals surface area contributed by atoms with Gasteiger partial charge in [0.2, 0.25) is 0 Å². The molecule has 0 radical (unpaired) electrons. The van der Waals surface area contributed by atoms with Gasteiger partial charge in [-0.1, -0.05) is 0 Å². The van der Waals surface area contributed by atoms with E-state index in [2.05, 4.69) is 25.2 Å². The van der Waals surface area contributed by atoms with Gasteiger partial charge in [0.1, 0.15) is 12.4 Å². The molecule has 1 aromatic heterocycles. The Hall–Kier alpha value is -3.15. The predicted molar refractivity (Wildman–Crippen MR) is 140 cm³/mol. The molecule has 200 valence electrons. The van der Waals surface area contributed by atoms with E-state index in [4.69, 9.17) is 28.8 Å². The number of aryl methyl sites for hydroxylation is 1. The van der Waals surface area contributed by atoms with Crippen LogP contribution >= 0.6 is 0 Å². The lowest BCUT2D eigenvalue weighted by atomic mass is 9.89. The van der Waals surface area contributed by atoms with Crippen molar-refractivity contribution in [3.8, 4) is 17.5 Å². The zero-order chi connectivity index (χ0) is 25.5. The van der Waals surface area contributed by atoms with Crippen LogP contribution in [0.3, 0.4) is 0 Å². The Morgan fingerprint density at radius 2 is 1.65 bits per heavy atom. The van der Waals surface area contributed by atoms with Gasteiger partial charge in [-0.15, -0.1) is 0 Å². The minimum absolute atomic E-state index is 0.343. The number of ether oxygens (including phenoxy) is 5. The third-order valence-corrected chi connectivity index (χ3v) is 6.85. The summed E-state index contributed by atoms with van der Waals surface area (Å²) in [5.74, 6) is 2.83. The van der Waals surface area contributed by atoms with Crippen LogP contribution in [0.1, 0.15) is 24.0 Å². The lowest BCUT2D eigenvalue weighted by Gasteiger charge is -2.28. The summed E-state index contributed by atoms with van der Waals surface area (Å²) in [5, 5.41) is 4.77. The fourth-order valence-electron chi connectivity index (χ4n) is 4.80. The van der Waals surface area contributed by atoms with E-state index in [1.807, 2.05) is 18.2 Å². The molecule has 2 aromatic rings. The summed E-state index contributed by atoms with van der Waals surface area (Å²) in [4.78, 5) is 13.8. The molecule has 3 heterocycles. The molecule has 2 fully saturated rings. The summed E-state index contributed by atoms with van der Waals surface area (Å²) in [6.07, 6.45) is 2.85. The number of aromatic nitrogens is 2. The van der Waals surface area contributed by atoms with Crippen molar-refractivity contribution in [1.29, 1.82) is 0 Å². The molecule has 2 aliphatic heterocycles. The SMILES string of the molecule is COc1cc2c(cc1OC)C(=NNc1cc(N3CCOCC3)nc(OCCN3CCOCC3)n1)CCC2. The number of hydrogen-bond acceptors (Lipinski definition) is 11. The number of nitrogens with one attached hydrogen (secondary N) is 1. The molecular formula is C26H36N6O5. The van der Waals surface area contributed by atoms with E-state index >= 15 is 0 Å². The first-order chi connectivity index (χ1) is 18.2. The van der Waals surface area contributed by atoms with Gasteiger partial charge >= 0.3 is 6.01 Å². The van der Waals surface area contributed by atoms with Crippen molar-refractivity contribution in [2.75, 3.05) is 90.3 Å². The van der Waals surface area contributed by atoms with Crippen LogP contribution in [0, 0.1) is 0 Å². The molecule has 0 amide bonds. The number of hydrogen-bond donors (Lipinski definition) is 1. The number of morpholine rings is 2. The second-order valence-corrected chi connectivity index (χ2v) is 9.18. The lowest BCUT2D eigenvalue weighted by Crippen LogP contribution is -2.39. The summed E-state index contributed by atoms with van der Waals surface area (Å²) < 4.78 is 28.0. The third-order valence-electron chi connectivity index (χ3n) is 6.85. The summed E-state index contributed by atoms with van der Waals surface area (Å²) in [6.45, 7) is 7.56. The number of anilines is 2. The van der Waals surface area contributed by atoms with Crippen molar-refractivity contribution in [3.05, 3.63) is 29.3 Å². The van der Waals surface area contributed by atoms with E-state index in [0.717, 1.165) is 88.0 Å². The molecule has 5 rings (SSSR count). The molecule has 1 aliphatic carbocycles. The average Bonchev–Trinajstić information content (AvgIpc) is 2.96. The van der Waals surface area contributed by atoms with Gasteiger partial charge in [0.15, 0.2) is 17.3 Å². The van der Waals surface area contributed by atoms with Crippen molar-refractivity contribution in [3.63, 3.8) is 0 Å². The highest BCUT2D eigenvalue weighted by Crippen LogP contribution is 2.34. The first kappa shape index (κ1) is 25.5. The number of methoxy groups -OCH3 is 2. The van der Waals surface area contributed by atoms with Crippen LogP contribution in [0.15, 0.2) is 23.3 Å². The monoisotopic (exact) mass is 512 g/mol. The molecule has 37 heavy (non-hydrogen) atoms. The van der Waals surface area contributed by atoms with Crippen molar-refractivity contribution < 1.29 is 23.7 Å². The highest BCUT2D eigenvalue weighted by atomic mass is 16.5. The van der Waals surface area contributed by atoms with Crippen molar-refractivity contribution in [1.82, 2.24) is 14.9 Å². The first-order valence-electron chi connectivity index (χ1n) is 13.0. The van der Waals surface area contributed by atoms with Gasteiger partial charge in [-0.3, -0.25) is 10.3 Å². The van der Waals surface area contributed by atoms with Crippen LogP contribution in [0.2, 0.25) is 0 Å². The second kappa shape index (κ2) is 12.4. The van der Waals surface area contributed by atoms with Crippen LogP contribution in [0.4, 0.5) is 11.6 Å². The highest BCUT2D eigenvalue weighted by molar-refractivity contribution is 6.03. The maximum absolute atomic E-state index is 6.00. The minimum Gasteiger partial charge on any atom is -0.493 e. The maximum Gasteiger partial charge on any atom is 0.320 e. The van der Waals surface area contributed by atoms with Gasteiger partial charge < -0.3 is 28.6 Å². The molecule has 0 atom stereocenters. The molecule has 2 saturated heterocycles. The van der Waals surface area contributed by atoms with E-state index in [1.165, 1.54) is 5.56 Å². The van der Waals surface area contributed by atoms with Crippen LogP contribution in [0.5, 0.6) is 17.5 Å². The molecule has 0 saturated carbocycles. The third kappa shape index (κ3) is 6.41. The van der Waals surface area contributed by atoms with E-state index < -0.39 is 0 Å². The molecule has 0 bridgehead atoms. The Labute approximate surface area is 217 Å². The second-order valence-electron chi connectivity index (χ2n) is 9.18. The molecule has 0 unspecified atom stereocenters. The van der Waals surface area contributed by atoms with E-state index in [9.17, 15) is 0 Å². The zero-order valence-electron chi connectivity index (χ0n) is 21.7. The lowest BCUT2D eigenvalue weighted by molar-refractivity contribution is 0.0317. The van der Waals surface area contributed by atoms with E-state index in [0.29, 0.717) is 37.4 Å². The van der Waals surface area contributed by atoms with E-state index in [1.54, 1.807) is 14.2 Å². The zero-order valence-corrected chi connectivity index (χ0v) is 21.7. The Bertz CT molecular complexity index is 1090. The molecular weight excluding hydrogens is 476 g/mol. The van der Waals surface area contributed by atoms with Crippen molar-refractivity contribution >= 4 is 17.3 Å². The Balaban J connectivity index is 1.35. The number of rotatable bonds is 9. The quantitative estimate of drug-likeness (QED) is 0.503. The van der Waals surface area contributed by atoms with Gasteiger partial charge in [-0.05, 0) is 37.0 Å². The standard InChI is InChI=1S/C26H36N6O5/c1-33-22-16-19-4-3-5-21(20(19)17-23(22)34-2)29-30-24-18-25(32-9-13-36-14-10-32)28-26(27-24)37-15-8-31-6-11-35-12-7-31/h16-18H,3-15H2,1-2H3,(H,27,28,30). The fraction of sp³-hybridized carbons (Fsp3) is 0.577. The average molecular weight is 513 g/mol. The number of hydrazone groups is 1. The van der Waals surface area contributed by atoms with Gasteiger partial charge in [-0.2, -0.15) is 15.1 Å². The Morgan fingerprint density at radius 1 is 0.919 bits per heavy atom. The van der Waals surface area contributed by atoms with Crippen LogP contribution in [-0.4, -0.2) is 101 Å². The fourth-order valence-corrected chi connectivity index (χ4v) is 4.80. The van der Waals surface area contributed by atoms with Crippen LogP contribution in [0.25, 0.3) is 0 Å². The van der Waals surface area contributed by atoms with E-state index in [-0.39, 0.29) is 0 Å². The Morgan fingerprint density at radius 3 is 2.41 bits per heavy atom. The topological polar surface area (TPSA) is 103 Å². The van der Waals surface area contributed by atoms with Crippen molar-refractivity contribution in [2.24, 2.45) is 5.10 Å². The molecule has 11 nitrogen and oxygen atoms in total. The van der Waals surface area contributed by atoms with Crippen LogP contribution in [-0.2, 0) is 15.9 Å². The van der Waals surface area contributed by atoms with Gasteiger partial charge in [0.05, 0.1) is 46.4 Å². The smallest absolute Gasteiger partial charge is 0.320 e.